The first-order valence-corrected chi connectivity index (χ1v) is 19.2. The van der Waals surface area contributed by atoms with Gasteiger partial charge in [-0.2, -0.15) is 11.8 Å². The van der Waals surface area contributed by atoms with Crippen LogP contribution in [0.1, 0.15) is 62.0 Å². The third-order valence-electron chi connectivity index (χ3n) is 10.5. The van der Waals surface area contributed by atoms with Gasteiger partial charge >= 0.3 is 0 Å². The van der Waals surface area contributed by atoms with E-state index in [1.807, 2.05) is 6.92 Å². The third kappa shape index (κ3) is 6.84. The maximum absolute atomic E-state index is 13.7. The molecule has 6 rings (SSSR count). The minimum absolute atomic E-state index is 0.0636. The molecule has 8 atom stereocenters. The zero-order valence-corrected chi connectivity index (χ0v) is 27.7. The number of hydrogen-bond donors (Lipinski definition) is 2. The number of rotatable bonds is 6. The first-order valence-electron chi connectivity index (χ1n) is 15.8. The largest absolute Gasteiger partial charge is 0.312 e. The topological polar surface area (TPSA) is 113 Å². The second-order valence-electron chi connectivity index (χ2n) is 13.3. The number of aryl methyl sites for hydroxylation is 2. The molecule has 43 heavy (non-hydrogen) atoms. The average molecular weight is 650 g/mol. The van der Waals surface area contributed by atoms with Gasteiger partial charge in [0, 0.05) is 46.0 Å². The number of piperidine rings is 1. The molecular formula is C31H44ClN5O4S2. The molecule has 1 aromatic rings. The van der Waals surface area contributed by atoms with Crippen molar-refractivity contribution in [3.63, 3.8) is 0 Å². The van der Waals surface area contributed by atoms with Crippen LogP contribution in [-0.4, -0.2) is 83.1 Å². The Bertz CT molecular complexity index is 1470. The van der Waals surface area contributed by atoms with Gasteiger partial charge in [-0.25, -0.2) is 13.4 Å². The lowest BCUT2D eigenvalue weighted by Crippen LogP contribution is -2.55. The number of alkyl halides is 1. The van der Waals surface area contributed by atoms with Crippen LogP contribution in [0, 0.1) is 42.4 Å². The summed E-state index contributed by atoms with van der Waals surface area (Å²) in [7, 11) is -1.41. The lowest BCUT2D eigenvalue weighted by molar-refractivity contribution is -0.123. The first-order chi connectivity index (χ1) is 20.5. The van der Waals surface area contributed by atoms with Crippen molar-refractivity contribution in [2.75, 3.05) is 25.6 Å². The number of fused-ring (bicyclic) bond motifs is 2. The van der Waals surface area contributed by atoms with Crippen molar-refractivity contribution < 1.29 is 13.2 Å². The van der Waals surface area contributed by atoms with Crippen LogP contribution in [0.25, 0.3) is 0 Å². The fourth-order valence-corrected chi connectivity index (χ4v) is 10.7. The quantitative estimate of drug-likeness (QED) is 0.357. The summed E-state index contributed by atoms with van der Waals surface area (Å²) < 4.78 is 27.4. The number of amides is 1. The van der Waals surface area contributed by atoms with Crippen LogP contribution in [0.4, 0.5) is 0 Å². The molecule has 0 aromatic carbocycles. The lowest BCUT2D eigenvalue weighted by atomic mass is 9.67. The molecule has 2 saturated heterocycles. The number of thioether (sulfide) groups is 1. The molecule has 1 amide bonds. The molecule has 9 nitrogen and oxygen atoms in total. The van der Waals surface area contributed by atoms with E-state index in [1.165, 1.54) is 12.8 Å². The molecule has 2 saturated carbocycles. The van der Waals surface area contributed by atoms with Crippen molar-refractivity contribution in [3.05, 3.63) is 27.4 Å². The van der Waals surface area contributed by atoms with Gasteiger partial charge in [0.25, 0.3) is 5.56 Å². The van der Waals surface area contributed by atoms with Crippen molar-refractivity contribution in [2.24, 2.45) is 23.7 Å². The minimum Gasteiger partial charge on any atom is -0.312 e. The molecule has 236 valence electrons. The fraction of sp³-hybridized carbons (Fsp3) is 0.774. The van der Waals surface area contributed by atoms with E-state index in [4.69, 9.17) is 16.6 Å². The number of carbonyl (C=O) groups is 1. The van der Waals surface area contributed by atoms with E-state index >= 15 is 0 Å². The predicted molar refractivity (Wildman–Crippen MR) is 171 cm³/mol. The Morgan fingerprint density at radius 3 is 2.72 bits per heavy atom. The summed E-state index contributed by atoms with van der Waals surface area (Å²) in [5, 5.41) is 3.83. The van der Waals surface area contributed by atoms with Crippen LogP contribution in [0.15, 0.2) is 4.79 Å². The van der Waals surface area contributed by atoms with E-state index in [9.17, 15) is 18.0 Å². The fourth-order valence-electron chi connectivity index (χ4n) is 8.02. The van der Waals surface area contributed by atoms with Crippen molar-refractivity contribution in [3.8, 4) is 11.8 Å². The van der Waals surface area contributed by atoms with E-state index < -0.39 is 15.9 Å². The smallest absolute Gasteiger partial charge is 0.257 e. The van der Waals surface area contributed by atoms with Crippen molar-refractivity contribution in [1.29, 1.82) is 0 Å². The average Bonchev–Trinajstić information content (AvgIpc) is 3.71. The molecule has 2 aliphatic heterocycles. The lowest BCUT2D eigenvalue weighted by Gasteiger charge is -2.44. The maximum Gasteiger partial charge on any atom is 0.257 e. The van der Waals surface area contributed by atoms with E-state index in [0.717, 1.165) is 74.8 Å². The highest BCUT2D eigenvalue weighted by Crippen LogP contribution is 2.48. The molecule has 2 N–H and O–H groups in total. The van der Waals surface area contributed by atoms with E-state index in [0.29, 0.717) is 36.2 Å². The second-order valence-corrected chi connectivity index (χ2v) is 16.9. The van der Waals surface area contributed by atoms with Crippen molar-refractivity contribution >= 4 is 39.3 Å². The van der Waals surface area contributed by atoms with E-state index in [2.05, 4.69) is 33.8 Å². The summed E-state index contributed by atoms with van der Waals surface area (Å²) >= 11 is 8.50. The molecular weight excluding hydrogens is 606 g/mol. The van der Waals surface area contributed by atoms with E-state index in [1.54, 1.807) is 16.3 Å². The Labute approximate surface area is 264 Å². The summed E-state index contributed by atoms with van der Waals surface area (Å²) in [5.41, 5.74) is 1.89. The Morgan fingerprint density at radius 2 is 1.98 bits per heavy atom. The second kappa shape index (κ2) is 12.7. The third-order valence-corrected chi connectivity index (χ3v) is 13.0. The number of aromatic nitrogens is 2. The number of hydrogen-bond acceptors (Lipinski definition) is 8. The van der Waals surface area contributed by atoms with Crippen LogP contribution < -0.4 is 15.6 Å². The highest BCUT2D eigenvalue weighted by molar-refractivity contribution is 8.00. The zero-order valence-electron chi connectivity index (χ0n) is 25.4. The van der Waals surface area contributed by atoms with Crippen LogP contribution >= 0.6 is 23.4 Å². The van der Waals surface area contributed by atoms with Crippen LogP contribution in [0.5, 0.6) is 0 Å². The molecule has 8 unspecified atom stereocenters. The highest BCUT2D eigenvalue weighted by atomic mass is 35.5. The van der Waals surface area contributed by atoms with Gasteiger partial charge in [-0.1, -0.05) is 11.8 Å². The first kappa shape index (κ1) is 31.4. The van der Waals surface area contributed by atoms with Gasteiger partial charge in [0.1, 0.15) is 5.82 Å². The van der Waals surface area contributed by atoms with E-state index in [-0.39, 0.29) is 34.1 Å². The molecule has 3 heterocycles. The number of carbonyl (C=O) groups excluding carboxylic acids is 1. The van der Waals surface area contributed by atoms with Gasteiger partial charge in [-0.15, -0.1) is 11.6 Å². The number of sulfonamides is 1. The van der Waals surface area contributed by atoms with Gasteiger partial charge in [0.15, 0.2) is 0 Å². The van der Waals surface area contributed by atoms with Crippen LogP contribution in [0.3, 0.4) is 0 Å². The Balaban J connectivity index is 1.18. The SMILES string of the molecule is Cc1nc2c(c(=O)n1CC#CC1CCC(Cl)CC1C1CCNC3C(C(=O)NS(C)(=O)=O)CSC13)CC(N(C)C1CC1)CC2. The highest BCUT2D eigenvalue weighted by Gasteiger charge is 2.50. The standard InChI is InChI=1S/C31H44ClN5O4S2/c1-18-34-27-11-10-22(36(2)21-8-9-21)16-25(27)31(39)37(18)14-4-5-19-6-7-20(32)15-24(19)23-12-13-33-28-26(17-42-29(23)28)30(38)35-43(3,40)41/h19-24,26,28-29,33H,6-17H2,1-3H3,(H,35,38). The number of nitrogens with zero attached hydrogens (tertiary/aromatic N) is 3. The van der Waals surface area contributed by atoms with Crippen LogP contribution in [0.2, 0.25) is 0 Å². The molecule has 1 aromatic heterocycles. The van der Waals surface area contributed by atoms with Gasteiger partial charge < -0.3 is 10.2 Å². The molecule has 0 radical (unpaired) electrons. The normalized spacial score (nSPS) is 34.2. The summed E-state index contributed by atoms with van der Waals surface area (Å²) in [6, 6.07) is 1.01. The monoisotopic (exact) mass is 649 g/mol. The van der Waals surface area contributed by atoms with Gasteiger partial charge in [0.2, 0.25) is 15.9 Å². The molecule has 0 bridgehead atoms. The molecule has 3 aliphatic carbocycles. The van der Waals surface area contributed by atoms with Gasteiger partial charge in [-0.3, -0.25) is 18.9 Å². The number of likely N-dealkylation sites (N-methyl/N-ethyl adjacent to an activating group) is 1. The Kier molecular flexibility index (Phi) is 9.25. The summed E-state index contributed by atoms with van der Waals surface area (Å²) in [4.78, 5) is 33.8. The van der Waals surface area contributed by atoms with Gasteiger partial charge in [0.05, 0.1) is 24.4 Å². The summed E-state index contributed by atoms with van der Waals surface area (Å²) in [6.45, 7) is 3.03. The Morgan fingerprint density at radius 1 is 1.19 bits per heavy atom. The summed E-state index contributed by atoms with van der Waals surface area (Å²) in [5.74, 6) is 8.28. The Hall–Kier alpha value is -1.58. The van der Waals surface area contributed by atoms with Gasteiger partial charge in [-0.05, 0) is 90.1 Å². The van der Waals surface area contributed by atoms with Crippen molar-refractivity contribution in [2.45, 2.75) is 100 Å². The molecule has 4 fully saturated rings. The molecule has 12 heteroatoms. The number of halogens is 1. The summed E-state index contributed by atoms with van der Waals surface area (Å²) in [6.07, 6.45) is 9.91. The predicted octanol–water partition coefficient (Wildman–Crippen LogP) is 2.32. The molecule has 5 aliphatic rings. The molecule has 0 spiro atoms. The zero-order chi connectivity index (χ0) is 30.5. The van der Waals surface area contributed by atoms with Crippen molar-refractivity contribution in [1.82, 2.24) is 24.5 Å². The maximum atomic E-state index is 13.7. The number of nitrogens with one attached hydrogen (secondary N) is 2. The van der Waals surface area contributed by atoms with Crippen LogP contribution in [-0.2, 0) is 34.2 Å². The minimum atomic E-state index is -3.60.